The number of likely N-dealkylation sites (N-methyl/N-ethyl adjacent to an activating group) is 1. The van der Waals surface area contributed by atoms with Gasteiger partial charge in [-0.15, -0.1) is 0 Å². The lowest BCUT2D eigenvalue weighted by Crippen LogP contribution is -2.34. The molecule has 1 saturated heterocycles. The van der Waals surface area contributed by atoms with Gasteiger partial charge in [-0.1, -0.05) is 36.4 Å². The average molecular weight is 339 g/mol. The standard InChI is InChI=1S/C20H21NO4/c1-21(13-14-7-6-12-25-14)19(22)17-10-4-2-8-15(17)16-9-3-5-11-18(16)20(23)24/h2-5,8-11,14H,6-7,12-13H2,1H3,(H,23,24)/t14-/m0/s1. The summed E-state index contributed by atoms with van der Waals surface area (Å²) in [6, 6.07) is 13.9. The minimum Gasteiger partial charge on any atom is -0.478 e. The fourth-order valence-corrected chi connectivity index (χ4v) is 3.19. The Morgan fingerprint density at radius 1 is 1.08 bits per heavy atom. The zero-order valence-electron chi connectivity index (χ0n) is 14.1. The highest BCUT2D eigenvalue weighted by Gasteiger charge is 2.23. The van der Waals surface area contributed by atoms with Crippen LogP contribution in [-0.2, 0) is 4.74 Å². The van der Waals surface area contributed by atoms with E-state index in [9.17, 15) is 14.7 Å². The monoisotopic (exact) mass is 339 g/mol. The Kier molecular flexibility index (Phi) is 5.14. The van der Waals surface area contributed by atoms with Crippen LogP contribution in [0.5, 0.6) is 0 Å². The molecule has 2 aromatic rings. The van der Waals surface area contributed by atoms with Crippen LogP contribution in [0, 0.1) is 0 Å². The predicted molar refractivity (Wildman–Crippen MR) is 94.8 cm³/mol. The molecule has 0 aromatic heterocycles. The SMILES string of the molecule is CN(C[C@@H]1CCCO1)C(=O)c1ccccc1-c1ccccc1C(=O)O. The van der Waals surface area contributed by atoms with E-state index >= 15 is 0 Å². The van der Waals surface area contributed by atoms with Crippen molar-refractivity contribution < 1.29 is 19.4 Å². The predicted octanol–water partition coefficient (Wildman–Crippen LogP) is 3.30. The number of nitrogens with zero attached hydrogens (tertiary/aromatic N) is 1. The highest BCUT2D eigenvalue weighted by Crippen LogP contribution is 2.28. The first-order valence-corrected chi connectivity index (χ1v) is 8.36. The maximum atomic E-state index is 12.9. The summed E-state index contributed by atoms with van der Waals surface area (Å²) in [5, 5.41) is 9.44. The third-order valence-corrected chi connectivity index (χ3v) is 4.45. The van der Waals surface area contributed by atoms with Crippen LogP contribution >= 0.6 is 0 Å². The van der Waals surface area contributed by atoms with Crippen LogP contribution in [0.2, 0.25) is 0 Å². The number of carboxylic acids is 1. The number of hydrogen-bond donors (Lipinski definition) is 1. The van der Waals surface area contributed by atoms with Crippen molar-refractivity contribution in [3.05, 3.63) is 59.7 Å². The summed E-state index contributed by atoms with van der Waals surface area (Å²) in [5.74, 6) is -1.14. The molecule has 0 unspecified atom stereocenters. The Hall–Kier alpha value is -2.66. The van der Waals surface area contributed by atoms with E-state index in [1.807, 2.05) is 6.07 Å². The van der Waals surface area contributed by atoms with Gasteiger partial charge in [0.05, 0.1) is 11.7 Å². The van der Waals surface area contributed by atoms with E-state index in [2.05, 4.69) is 0 Å². The molecule has 1 atom stereocenters. The van der Waals surface area contributed by atoms with Crippen molar-refractivity contribution in [3.8, 4) is 11.1 Å². The van der Waals surface area contributed by atoms with E-state index < -0.39 is 5.97 Å². The first-order chi connectivity index (χ1) is 12.1. The van der Waals surface area contributed by atoms with Crippen molar-refractivity contribution >= 4 is 11.9 Å². The number of carbonyl (C=O) groups excluding carboxylic acids is 1. The third-order valence-electron chi connectivity index (χ3n) is 4.45. The lowest BCUT2D eigenvalue weighted by atomic mass is 9.94. The molecule has 3 rings (SSSR count). The summed E-state index contributed by atoms with van der Waals surface area (Å²) in [4.78, 5) is 26.1. The zero-order valence-corrected chi connectivity index (χ0v) is 14.1. The Morgan fingerprint density at radius 2 is 1.68 bits per heavy atom. The van der Waals surface area contributed by atoms with Crippen LogP contribution in [-0.4, -0.2) is 48.2 Å². The van der Waals surface area contributed by atoms with Crippen LogP contribution in [0.4, 0.5) is 0 Å². The molecule has 1 fully saturated rings. The molecule has 1 heterocycles. The van der Waals surface area contributed by atoms with Gasteiger partial charge >= 0.3 is 5.97 Å². The first-order valence-electron chi connectivity index (χ1n) is 8.36. The van der Waals surface area contributed by atoms with Crippen molar-refractivity contribution in [3.63, 3.8) is 0 Å². The molecule has 1 aliphatic heterocycles. The normalized spacial score (nSPS) is 16.6. The van der Waals surface area contributed by atoms with Crippen molar-refractivity contribution in [2.75, 3.05) is 20.2 Å². The summed E-state index contributed by atoms with van der Waals surface area (Å²) in [7, 11) is 1.75. The van der Waals surface area contributed by atoms with Gasteiger partial charge in [0, 0.05) is 25.8 Å². The highest BCUT2D eigenvalue weighted by atomic mass is 16.5. The first kappa shape index (κ1) is 17.2. The molecule has 2 aromatic carbocycles. The quantitative estimate of drug-likeness (QED) is 0.907. The van der Waals surface area contributed by atoms with Gasteiger partial charge in [0.2, 0.25) is 0 Å². The van der Waals surface area contributed by atoms with Gasteiger partial charge in [-0.05, 0) is 36.1 Å². The summed E-state index contributed by atoms with van der Waals surface area (Å²) in [6.45, 7) is 1.28. The topological polar surface area (TPSA) is 66.8 Å². The molecule has 0 saturated carbocycles. The molecule has 1 aliphatic rings. The molecular weight excluding hydrogens is 318 g/mol. The Bertz CT molecular complexity index is 781. The van der Waals surface area contributed by atoms with Crippen LogP contribution < -0.4 is 0 Å². The summed E-state index contributed by atoms with van der Waals surface area (Å²) >= 11 is 0. The molecule has 0 aliphatic carbocycles. The van der Waals surface area contributed by atoms with E-state index in [1.54, 1.807) is 54.4 Å². The minimum atomic E-state index is -1.01. The molecule has 1 amide bonds. The Morgan fingerprint density at radius 3 is 2.28 bits per heavy atom. The third kappa shape index (κ3) is 3.72. The number of carboxylic acid groups (broad SMARTS) is 1. The number of hydrogen-bond acceptors (Lipinski definition) is 3. The smallest absolute Gasteiger partial charge is 0.336 e. The maximum Gasteiger partial charge on any atom is 0.336 e. The Labute approximate surface area is 146 Å². The van der Waals surface area contributed by atoms with Gasteiger partial charge in [0.1, 0.15) is 0 Å². The second-order valence-corrected chi connectivity index (χ2v) is 6.22. The second-order valence-electron chi connectivity index (χ2n) is 6.22. The van der Waals surface area contributed by atoms with Gasteiger partial charge in [0.25, 0.3) is 5.91 Å². The Balaban J connectivity index is 1.93. The second kappa shape index (κ2) is 7.49. The molecule has 25 heavy (non-hydrogen) atoms. The van der Waals surface area contributed by atoms with Crippen molar-refractivity contribution in [1.29, 1.82) is 0 Å². The maximum absolute atomic E-state index is 12.9. The van der Waals surface area contributed by atoms with E-state index in [0.717, 1.165) is 19.4 Å². The number of amides is 1. The molecule has 0 spiro atoms. The number of carbonyl (C=O) groups is 2. The van der Waals surface area contributed by atoms with E-state index in [0.29, 0.717) is 23.2 Å². The van der Waals surface area contributed by atoms with Crippen LogP contribution in [0.15, 0.2) is 48.5 Å². The van der Waals surface area contributed by atoms with Crippen molar-refractivity contribution in [2.24, 2.45) is 0 Å². The van der Waals surface area contributed by atoms with E-state index in [-0.39, 0.29) is 17.6 Å². The lowest BCUT2D eigenvalue weighted by Gasteiger charge is -2.22. The lowest BCUT2D eigenvalue weighted by molar-refractivity contribution is 0.0587. The van der Waals surface area contributed by atoms with Gasteiger partial charge < -0.3 is 14.7 Å². The van der Waals surface area contributed by atoms with Gasteiger partial charge in [-0.3, -0.25) is 4.79 Å². The minimum absolute atomic E-state index is 0.0763. The molecule has 5 nitrogen and oxygen atoms in total. The van der Waals surface area contributed by atoms with Crippen LogP contribution in [0.1, 0.15) is 33.6 Å². The molecule has 1 N–H and O–H groups in total. The summed E-state index contributed by atoms with van der Waals surface area (Å²) in [5.41, 5.74) is 1.86. The van der Waals surface area contributed by atoms with Gasteiger partial charge in [-0.25, -0.2) is 4.79 Å². The fourth-order valence-electron chi connectivity index (χ4n) is 3.19. The van der Waals surface area contributed by atoms with Crippen molar-refractivity contribution in [1.82, 2.24) is 4.90 Å². The van der Waals surface area contributed by atoms with Gasteiger partial charge in [0.15, 0.2) is 0 Å². The molecule has 0 radical (unpaired) electrons. The fraction of sp³-hybridized carbons (Fsp3) is 0.300. The van der Waals surface area contributed by atoms with E-state index in [4.69, 9.17) is 4.74 Å². The average Bonchev–Trinajstić information content (AvgIpc) is 3.14. The number of benzene rings is 2. The van der Waals surface area contributed by atoms with E-state index in [1.165, 1.54) is 0 Å². The number of ether oxygens (including phenoxy) is 1. The highest BCUT2D eigenvalue weighted by molar-refractivity contribution is 6.04. The molecular formula is C20H21NO4. The van der Waals surface area contributed by atoms with Crippen LogP contribution in [0.25, 0.3) is 11.1 Å². The number of aromatic carboxylic acids is 1. The molecule has 5 heteroatoms. The molecule has 130 valence electrons. The van der Waals surface area contributed by atoms with Gasteiger partial charge in [-0.2, -0.15) is 0 Å². The molecule has 0 bridgehead atoms. The zero-order chi connectivity index (χ0) is 17.8. The van der Waals surface area contributed by atoms with Crippen LogP contribution in [0.3, 0.4) is 0 Å². The summed E-state index contributed by atoms with van der Waals surface area (Å²) < 4.78 is 5.60. The van der Waals surface area contributed by atoms with Crippen molar-refractivity contribution in [2.45, 2.75) is 18.9 Å². The number of rotatable bonds is 5. The summed E-state index contributed by atoms with van der Waals surface area (Å²) in [6.07, 6.45) is 2.06. The largest absolute Gasteiger partial charge is 0.478 e.